The van der Waals surface area contributed by atoms with Crippen LogP contribution in [0.5, 0.6) is 0 Å². The molecule has 0 atom stereocenters. The predicted molar refractivity (Wildman–Crippen MR) is 256 cm³/mol. The van der Waals surface area contributed by atoms with Gasteiger partial charge in [-0.05, 0) is 71.3 Å². The van der Waals surface area contributed by atoms with E-state index in [4.69, 9.17) is 23.8 Å². The summed E-state index contributed by atoms with van der Waals surface area (Å²) in [5.74, 6) is 1.69. The Hall–Kier alpha value is -8.61. The molecule has 0 aliphatic heterocycles. The van der Waals surface area contributed by atoms with Gasteiger partial charge in [0.25, 0.3) is 0 Å². The molecule has 0 bridgehead atoms. The van der Waals surface area contributed by atoms with Gasteiger partial charge in [-0.15, -0.1) is 0 Å². The lowest BCUT2D eigenvalue weighted by Gasteiger charge is -2.10. The first-order chi connectivity index (χ1) is 31.2. The molecular weight excluding hydrogens is 773 g/mol. The Balaban J connectivity index is 0.983. The Morgan fingerprint density at radius 3 is 1.76 bits per heavy atom. The van der Waals surface area contributed by atoms with Crippen molar-refractivity contribution in [1.29, 1.82) is 0 Å². The average Bonchev–Trinajstić information content (AvgIpc) is 4.04. The van der Waals surface area contributed by atoms with Crippen molar-refractivity contribution in [3.63, 3.8) is 0 Å². The lowest BCUT2D eigenvalue weighted by molar-refractivity contribution is 0.669. The summed E-state index contributed by atoms with van der Waals surface area (Å²) in [6.07, 6.45) is 0. The van der Waals surface area contributed by atoms with E-state index in [1.165, 1.54) is 16.3 Å². The molecule has 0 saturated carbocycles. The molecule has 294 valence electrons. The van der Waals surface area contributed by atoms with Crippen LogP contribution in [0.25, 0.3) is 128 Å². The fourth-order valence-corrected chi connectivity index (χ4v) is 9.32. The van der Waals surface area contributed by atoms with Crippen LogP contribution in [0.3, 0.4) is 0 Å². The van der Waals surface area contributed by atoms with Crippen LogP contribution in [0.1, 0.15) is 0 Å². The normalized spacial score (nSPS) is 11.8. The molecule has 0 fully saturated rings. The van der Waals surface area contributed by atoms with E-state index in [1.807, 2.05) is 42.5 Å². The van der Waals surface area contributed by atoms with Crippen molar-refractivity contribution < 1.29 is 8.83 Å². The molecule has 0 spiro atoms. The summed E-state index contributed by atoms with van der Waals surface area (Å²) in [6, 6.07) is 71.5. The number of fused-ring (bicyclic) bond motifs is 9. The maximum absolute atomic E-state index is 6.85. The summed E-state index contributed by atoms with van der Waals surface area (Å²) in [7, 11) is 0. The van der Waals surface area contributed by atoms with Crippen LogP contribution < -0.4 is 0 Å². The second-order valence-electron chi connectivity index (χ2n) is 15.9. The van der Waals surface area contributed by atoms with E-state index in [0.717, 1.165) is 94.0 Å². The van der Waals surface area contributed by atoms with Gasteiger partial charge in [0, 0.05) is 60.3 Å². The van der Waals surface area contributed by atoms with Crippen molar-refractivity contribution in [2.75, 3.05) is 0 Å². The fraction of sp³-hybridized carbons (Fsp3) is 0. The highest BCUT2D eigenvalue weighted by Crippen LogP contribution is 2.42. The van der Waals surface area contributed by atoms with Gasteiger partial charge in [-0.1, -0.05) is 152 Å². The number of aromatic nitrogens is 4. The molecule has 4 aromatic heterocycles. The van der Waals surface area contributed by atoms with Crippen molar-refractivity contribution in [3.05, 3.63) is 206 Å². The van der Waals surface area contributed by atoms with Gasteiger partial charge in [0.15, 0.2) is 17.5 Å². The van der Waals surface area contributed by atoms with Gasteiger partial charge < -0.3 is 13.4 Å². The van der Waals surface area contributed by atoms with Gasteiger partial charge in [-0.2, -0.15) is 0 Å². The van der Waals surface area contributed by atoms with Crippen LogP contribution in [-0.4, -0.2) is 19.5 Å². The number of rotatable bonds is 6. The van der Waals surface area contributed by atoms with E-state index < -0.39 is 0 Å². The summed E-state index contributed by atoms with van der Waals surface area (Å²) < 4.78 is 15.5. The number of hydrogen-bond donors (Lipinski definition) is 0. The maximum atomic E-state index is 6.85. The Bertz CT molecular complexity index is 3900. The minimum atomic E-state index is 0.554. The summed E-state index contributed by atoms with van der Waals surface area (Å²) in [6.45, 7) is 0. The van der Waals surface area contributed by atoms with Crippen LogP contribution >= 0.6 is 0 Å². The monoisotopic (exact) mass is 806 g/mol. The molecule has 0 saturated heterocycles. The molecule has 13 rings (SSSR count). The van der Waals surface area contributed by atoms with Crippen molar-refractivity contribution in [2.24, 2.45) is 0 Å². The Labute approximate surface area is 361 Å². The molecule has 13 aromatic rings. The second-order valence-corrected chi connectivity index (χ2v) is 15.9. The lowest BCUT2D eigenvalue weighted by atomic mass is 9.99. The highest BCUT2D eigenvalue weighted by atomic mass is 16.3. The Morgan fingerprint density at radius 1 is 0.317 bits per heavy atom. The molecular formula is C57H34N4O2. The van der Waals surface area contributed by atoms with Crippen LogP contribution in [0.2, 0.25) is 0 Å². The van der Waals surface area contributed by atoms with E-state index in [0.29, 0.717) is 17.5 Å². The average molecular weight is 807 g/mol. The molecule has 63 heavy (non-hydrogen) atoms. The van der Waals surface area contributed by atoms with E-state index in [9.17, 15) is 0 Å². The number of furan rings is 2. The van der Waals surface area contributed by atoms with Crippen LogP contribution in [0.15, 0.2) is 215 Å². The standard InChI is InChI=1S/C57H34N4O2/c1-3-13-35(14-4-1)36-25-27-37(28-26-36)55-58-56(39-29-31-44-43-18-8-10-23-50(43)62-52(44)34-39)60-57(59-55)46-21-12-24-51-53(46)45-20-11-19-41(54(45)63-51)38-30-32-49-47(33-38)42-17-7-9-22-48(42)61(49)40-15-5-2-6-16-40/h1-34H. The zero-order valence-electron chi connectivity index (χ0n) is 33.7. The van der Waals surface area contributed by atoms with E-state index >= 15 is 0 Å². The fourth-order valence-electron chi connectivity index (χ4n) is 9.32. The van der Waals surface area contributed by atoms with Gasteiger partial charge in [0.2, 0.25) is 0 Å². The minimum absolute atomic E-state index is 0.554. The third-order valence-corrected chi connectivity index (χ3v) is 12.3. The first-order valence-electron chi connectivity index (χ1n) is 21.1. The zero-order chi connectivity index (χ0) is 41.4. The molecule has 0 unspecified atom stereocenters. The summed E-state index contributed by atoms with van der Waals surface area (Å²) in [4.78, 5) is 15.6. The molecule has 9 aromatic carbocycles. The molecule has 0 aliphatic carbocycles. The minimum Gasteiger partial charge on any atom is -0.456 e. The first kappa shape index (κ1) is 35.2. The smallest absolute Gasteiger partial charge is 0.164 e. The van der Waals surface area contributed by atoms with Gasteiger partial charge in [-0.3, -0.25) is 0 Å². The third-order valence-electron chi connectivity index (χ3n) is 12.3. The van der Waals surface area contributed by atoms with Gasteiger partial charge in [0.05, 0.1) is 11.0 Å². The number of nitrogens with zero attached hydrogens (tertiary/aromatic N) is 4. The van der Waals surface area contributed by atoms with Crippen molar-refractivity contribution in [2.45, 2.75) is 0 Å². The zero-order valence-corrected chi connectivity index (χ0v) is 33.7. The molecule has 4 heterocycles. The molecule has 0 aliphatic rings. The van der Waals surface area contributed by atoms with Gasteiger partial charge in [-0.25, -0.2) is 15.0 Å². The molecule has 0 amide bonds. The summed E-state index contributed by atoms with van der Waals surface area (Å²) >= 11 is 0. The van der Waals surface area contributed by atoms with Crippen LogP contribution in [0.4, 0.5) is 0 Å². The molecule has 6 heteroatoms. The summed E-state index contributed by atoms with van der Waals surface area (Å²) in [5, 5.41) is 6.45. The van der Waals surface area contributed by atoms with E-state index in [2.05, 4.69) is 168 Å². The predicted octanol–water partition coefficient (Wildman–Crippen LogP) is 15.1. The van der Waals surface area contributed by atoms with Crippen LogP contribution in [-0.2, 0) is 0 Å². The lowest BCUT2D eigenvalue weighted by Crippen LogP contribution is -2.00. The van der Waals surface area contributed by atoms with Crippen LogP contribution in [0, 0.1) is 0 Å². The molecule has 6 nitrogen and oxygen atoms in total. The SMILES string of the molecule is c1ccc(-c2ccc(-c3nc(-c4ccc5c(c4)oc4ccccc45)nc(-c4cccc5oc6c(-c7ccc8c(c7)c7ccccc7n8-c7ccccc7)cccc6c45)n3)cc2)cc1. The molecule has 0 N–H and O–H groups in total. The van der Waals surface area contributed by atoms with Gasteiger partial charge in [0.1, 0.15) is 22.3 Å². The highest BCUT2D eigenvalue weighted by molar-refractivity contribution is 6.16. The highest BCUT2D eigenvalue weighted by Gasteiger charge is 2.21. The first-order valence-corrected chi connectivity index (χ1v) is 21.1. The number of para-hydroxylation sites is 4. The third kappa shape index (κ3) is 5.69. The topological polar surface area (TPSA) is 69.9 Å². The van der Waals surface area contributed by atoms with Crippen molar-refractivity contribution in [3.8, 4) is 62.1 Å². The van der Waals surface area contributed by atoms with E-state index in [1.54, 1.807) is 0 Å². The van der Waals surface area contributed by atoms with Crippen molar-refractivity contribution >= 4 is 65.7 Å². The van der Waals surface area contributed by atoms with Gasteiger partial charge >= 0.3 is 0 Å². The van der Waals surface area contributed by atoms with Crippen molar-refractivity contribution in [1.82, 2.24) is 19.5 Å². The van der Waals surface area contributed by atoms with E-state index in [-0.39, 0.29) is 0 Å². The number of hydrogen-bond acceptors (Lipinski definition) is 5. The quantitative estimate of drug-likeness (QED) is 0.167. The second kappa shape index (κ2) is 14.0. The number of benzene rings is 9. The Morgan fingerprint density at radius 2 is 0.905 bits per heavy atom. The Kier molecular flexibility index (Phi) is 7.80. The summed E-state index contributed by atoms with van der Waals surface area (Å²) in [5.41, 5.74) is 13.6. The largest absolute Gasteiger partial charge is 0.456 e. The maximum Gasteiger partial charge on any atom is 0.164 e. The molecule has 0 radical (unpaired) electrons.